The van der Waals surface area contributed by atoms with Gasteiger partial charge in [0.15, 0.2) is 5.69 Å². The van der Waals surface area contributed by atoms with Gasteiger partial charge in [-0.15, -0.1) is 0 Å². The number of oxazole rings is 1. The molecule has 25 heavy (non-hydrogen) atoms. The Morgan fingerprint density at radius 3 is 2.24 bits per heavy atom. The second kappa shape index (κ2) is 7.00. The van der Waals surface area contributed by atoms with Gasteiger partial charge in [-0.1, -0.05) is 48.5 Å². The number of nitrogens with two attached hydrogens (primary N) is 1. The minimum atomic E-state index is -0.940. The molecular weight excluding hydrogens is 318 g/mol. The molecule has 126 valence electrons. The number of amides is 2. The van der Waals surface area contributed by atoms with Crippen molar-refractivity contribution in [1.29, 1.82) is 0 Å². The molecule has 6 heteroatoms. The minimum absolute atomic E-state index is 0.126. The van der Waals surface area contributed by atoms with Gasteiger partial charge in [0.05, 0.1) is 0 Å². The highest BCUT2D eigenvalue weighted by atomic mass is 16.4. The molecule has 0 spiro atoms. The molecule has 6 nitrogen and oxygen atoms in total. The molecule has 3 N–H and O–H groups in total. The molecule has 0 aliphatic carbocycles. The number of rotatable bonds is 5. The van der Waals surface area contributed by atoms with Crippen LogP contribution >= 0.6 is 0 Å². The first-order valence-electron chi connectivity index (χ1n) is 7.74. The summed E-state index contributed by atoms with van der Waals surface area (Å²) < 4.78 is 5.58. The monoisotopic (exact) mass is 335 g/mol. The van der Waals surface area contributed by atoms with E-state index in [0.717, 1.165) is 5.56 Å². The molecule has 0 aliphatic rings. The number of carbonyl (C=O) groups excluding carboxylic acids is 2. The van der Waals surface area contributed by atoms with Crippen molar-refractivity contribution in [2.45, 2.75) is 13.0 Å². The summed E-state index contributed by atoms with van der Waals surface area (Å²) in [5, 5.41) is 2.62. The Hall–Kier alpha value is -3.41. The number of benzene rings is 2. The Morgan fingerprint density at radius 2 is 1.64 bits per heavy atom. The van der Waals surface area contributed by atoms with E-state index in [4.69, 9.17) is 10.2 Å². The number of nitrogens with zero attached hydrogens (tertiary/aromatic N) is 1. The first kappa shape index (κ1) is 16.4. The minimum Gasteiger partial charge on any atom is -0.441 e. The van der Waals surface area contributed by atoms with Crippen molar-refractivity contribution in [3.05, 3.63) is 77.7 Å². The molecule has 0 aliphatic heterocycles. The van der Waals surface area contributed by atoms with Crippen LogP contribution in [0, 0.1) is 6.92 Å². The summed E-state index contributed by atoms with van der Waals surface area (Å²) in [7, 11) is 0. The first-order chi connectivity index (χ1) is 12.1. The highest BCUT2D eigenvalue weighted by Crippen LogP contribution is 2.22. The van der Waals surface area contributed by atoms with Crippen molar-refractivity contribution in [2.24, 2.45) is 5.73 Å². The topological polar surface area (TPSA) is 98.2 Å². The Balaban J connectivity index is 1.86. The highest BCUT2D eigenvalue weighted by Gasteiger charge is 2.24. The maximum absolute atomic E-state index is 12.6. The van der Waals surface area contributed by atoms with E-state index >= 15 is 0 Å². The van der Waals surface area contributed by atoms with Gasteiger partial charge in [-0.3, -0.25) is 9.59 Å². The highest BCUT2D eigenvalue weighted by molar-refractivity contribution is 5.97. The molecular formula is C19H17N3O3. The van der Waals surface area contributed by atoms with E-state index in [9.17, 15) is 9.59 Å². The van der Waals surface area contributed by atoms with Crippen molar-refractivity contribution in [2.75, 3.05) is 0 Å². The summed E-state index contributed by atoms with van der Waals surface area (Å²) >= 11 is 0. The van der Waals surface area contributed by atoms with Gasteiger partial charge in [0.1, 0.15) is 11.8 Å². The molecule has 0 saturated heterocycles. The van der Waals surface area contributed by atoms with Crippen LogP contribution in [0.25, 0.3) is 11.5 Å². The molecule has 2 aromatic carbocycles. The van der Waals surface area contributed by atoms with Crippen molar-refractivity contribution in [3.8, 4) is 11.5 Å². The summed E-state index contributed by atoms with van der Waals surface area (Å²) in [6.07, 6.45) is 0. The average molecular weight is 335 g/mol. The van der Waals surface area contributed by atoms with Crippen molar-refractivity contribution in [1.82, 2.24) is 10.3 Å². The zero-order chi connectivity index (χ0) is 17.8. The smallest absolute Gasteiger partial charge is 0.274 e. The predicted molar refractivity (Wildman–Crippen MR) is 92.5 cm³/mol. The molecule has 1 atom stereocenters. The fraction of sp³-hybridized carbons (Fsp3) is 0.105. The number of carbonyl (C=O) groups is 2. The molecule has 2 amide bonds. The van der Waals surface area contributed by atoms with Crippen LogP contribution in [0.3, 0.4) is 0 Å². The van der Waals surface area contributed by atoms with Gasteiger partial charge in [-0.25, -0.2) is 4.98 Å². The Bertz CT molecular complexity index is 889. The number of aromatic nitrogens is 1. The van der Waals surface area contributed by atoms with E-state index in [1.807, 2.05) is 36.4 Å². The molecule has 1 aromatic heterocycles. The normalized spacial score (nSPS) is 11.7. The second-order valence-electron chi connectivity index (χ2n) is 5.51. The van der Waals surface area contributed by atoms with Crippen LogP contribution in [0.1, 0.15) is 27.9 Å². The fourth-order valence-corrected chi connectivity index (χ4v) is 2.47. The van der Waals surface area contributed by atoms with Crippen molar-refractivity contribution >= 4 is 11.8 Å². The Morgan fingerprint density at radius 1 is 1.04 bits per heavy atom. The van der Waals surface area contributed by atoms with E-state index in [2.05, 4.69) is 10.3 Å². The van der Waals surface area contributed by atoms with Gasteiger partial charge < -0.3 is 15.5 Å². The van der Waals surface area contributed by atoms with Gasteiger partial charge in [-0.2, -0.15) is 0 Å². The van der Waals surface area contributed by atoms with Crippen molar-refractivity contribution in [3.63, 3.8) is 0 Å². The lowest BCUT2D eigenvalue weighted by atomic mass is 10.1. The van der Waals surface area contributed by atoms with Gasteiger partial charge in [-0.05, 0) is 24.6 Å². The molecule has 0 saturated carbocycles. The third-order valence-electron chi connectivity index (χ3n) is 3.73. The summed E-state index contributed by atoms with van der Waals surface area (Å²) in [5.74, 6) is -0.453. The quantitative estimate of drug-likeness (QED) is 0.749. The zero-order valence-corrected chi connectivity index (χ0v) is 13.6. The predicted octanol–water partition coefficient (Wildman–Crippen LogP) is 2.61. The van der Waals surface area contributed by atoms with Crippen LogP contribution in [0.15, 0.2) is 65.1 Å². The van der Waals surface area contributed by atoms with Crippen LogP contribution in [-0.2, 0) is 4.79 Å². The third-order valence-corrected chi connectivity index (χ3v) is 3.73. The lowest BCUT2D eigenvalue weighted by molar-refractivity contribution is -0.120. The summed E-state index contributed by atoms with van der Waals surface area (Å²) in [4.78, 5) is 28.6. The number of hydrogen-bond donors (Lipinski definition) is 2. The van der Waals surface area contributed by atoms with Crippen LogP contribution in [0.2, 0.25) is 0 Å². The number of nitrogens with one attached hydrogen (secondary N) is 1. The van der Waals surface area contributed by atoms with Crippen molar-refractivity contribution < 1.29 is 14.0 Å². The van der Waals surface area contributed by atoms with E-state index in [1.165, 1.54) is 0 Å². The largest absolute Gasteiger partial charge is 0.441 e. The maximum atomic E-state index is 12.6. The van der Waals surface area contributed by atoms with E-state index in [1.54, 1.807) is 31.2 Å². The molecule has 0 bridgehead atoms. The van der Waals surface area contributed by atoms with Gasteiger partial charge in [0.25, 0.3) is 5.91 Å². The van der Waals surface area contributed by atoms with Gasteiger partial charge in [0.2, 0.25) is 11.8 Å². The number of hydrogen-bond acceptors (Lipinski definition) is 4. The summed E-state index contributed by atoms with van der Waals surface area (Å²) in [6.45, 7) is 1.65. The van der Waals surface area contributed by atoms with Gasteiger partial charge in [0, 0.05) is 5.56 Å². The molecule has 3 rings (SSSR count). The first-order valence-corrected chi connectivity index (χ1v) is 7.74. The lowest BCUT2D eigenvalue weighted by Gasteiger charge is -2.15. The van der Waals surface area contributed by atoms with E-state index < -0.39 is 17.9 Å². The van der Waals surface area contributed by atoms with E-state index in [-0.39, 0.29) is 5.69 Å². The Labute approximate surface area is 144 Å². The number of primary amides is 1. The fourth-order valence-electron chi connectivity index (χ4n) is 2.47. The number of aryl methyl sites for hydroxylation is 1. The Kier molecular flexibility index (Phi) is 4.61. The molecule has 1 heterocycles. The molecule has 0 fully saturated rings. The molecule has 3 aromatic rings. The second-order valence-corrected chi connectivity index (χ2v) is 5.51. The van der Waals surface area contributed by atoms with Crippen LogP contribution in [-0.4, -0.2) is 16.8 Å². The third kappa shape index (κ3) is 3.58. The van der Waals surface area contributed by atoms with E-state index in [0.29, 0.717) is 17.2 Å². The van der Waals surface area contributed by atoms with Crippen LogP contribution < -0.4 is 11.1 Å². The van der Waals surface area contributed by atoms with Gasteiger partial charge >= 0.3 is 0 Å². The molecule has 1 unspecified atom stereocenters. The summed E-state index contributed by atoms with van der Waals surface area (Å²) in [6, 6.07) is 17.1. The molecule has 0 radical (unpaired) electrons. The maximum Gasteiger partial charge on any atom is 0.274 e. The average Bonchev–Trinajstić information content (AvgIpc) is 3.02. The van der Waals surface area contributed by atoms with Crippen LogP contribution in [0.5, 0.6) is 0 Å². The lowest BCUT2D eigenvalue weighted by Crippen LogP contribution is -2.37. The zero-order valence-electron chi connectivity index (χ0n) is 13.6. The SMILES string of the molecule is Cc1oc(-c2ccccc2)nc1C(=O)NC(C(N)=O)c1ccccc1. The summed E-state index contributed by atoms with van der Waals surface area (Å²) in [5.41, 5.74) is 6.93. The van der Waals surface area contributed by atoms with Crippen LogP contribution in [0.4, 0.5) is 0 Å². The standard InChI is InChI=1S/C19H17N3O3/c1-12-15(22-19(25-12)14-10-6-3-7-11-14)18(24)21-16(17(20)23)13-8-4-2-5-9-13/h2-11,16H,1H3,(H2,20,23)(H,21,24).